The van der Waals surface area contributed by atoms with E-state index in [1.807, 2.05) is 0 Å². The molecule has 0 radical (unpaired) electrons. The molecule has 114 valence electrons. The van der Waals surface area contributed by atoms with Crippen LogP contribution in [0.15, 0.2) is 18.2 Å². The normalized spacial score (nSPS) is 11.6. The Hall–Kier alpha value is -2.37. The summed E-state index contributed by atoms with van der Waals surface area (Å²) in [4.78, 5) is 36.2. The van der Waals surface area contributed by atoms with Crippen molar-refractivity contribution in [1.29, 1.82) is 0 Å². The molecule has 21 heavy (non-hydrogen) atoms. The van der Waals surface area contributed by atoms with Gasteiger partial charge in [-0.3, -0.25) is 9.59 Å². The van der Waals surface area contributed by atoms with E-state index in [1.54, 1.807) is 34.0 Å². The number of carboxylic acid groups (broad SMARTS) is 1. The average molecular weight is 292 g/mol. The van der Waals surface area contributed by atoms with Gasteiger partial charge in [-0.25, -0.2) is 4.79 Å². The maximum atomic E-state index is 12.3. The molecule has 2 amide bonds. The molecule has 2 N–H and O–H groups in total. The van der Waals surface area contributed by atoms with Gasteiger partial charge in [0.15, 0.2) is 0 Å². The van der Waals surface area contributed by atoms with E-state index in [9.17, 15) is 14.4 Å². The van der Waals surface area contributed by atoms with Crippen LogP contribution in [0.25, 0.3) is 0 Å². The molecule has 1 rings (SSSR count). The summed E-state index contributed by atoms with van der Waals surface area (Å²) in [5.74, 6) is -1.87. The zero-order chi connectivity index (χ0) is 16.2. The molecule has 0 saturated carbocycles. The maximum absolute atomic E-state index is 12.3. The molecule has 1 aromatic carbocycles. The Balaban J connectivity index is 2.92. The molecule has 6 heteroatoms. The highest BCUT2D eigenvalue weighted by atomic mass is 16.4. The van der Waals surface area contributed by atoms with Crippen molar-refractivity contribution in [3.63, 3.8) is 0 Å². The first kappa shape index (κ1) is 16.7. The smallest absolute Gasteiger partial charge is 0.335 e. The van der Waals surface area contributed by atoms with Gasteiger partial charge in [0, 0.05) is 26.2 Å². The van der Waals surface area contributed by atoms with Gasteiger partial charge in [-0.1, -0.05) is 6.92 Å². The molecule has 0 spiro atoms. The predicted molar refractivity (Wildman–Crippen MR) is 78.3 cm³/mol. The molecule has 0 aliphatic rings. The average Bonchev–Trinajstić information content (AvgIpc) is 2.44. The van der Waals surface area contributed by atoms with Crippen LogP contribution in [0.4, 0.5) is 0 Å². The standard InChI is InChI=1S/C15H20N2O4/c1-9-5-11(7-12(6-9)15(20)21)14(19)17(4)8-10(2)13(18)16-3/h5-7,10H,8H2,1-4H3,(H,16,18)(H,20,21). The number of nitrogens with zero attached hydrogens (tertiary/aromatic N) is 1. The van der Waals surface area contributed by atoms with Crippen molar-refractivity contribution in [3.05, 3.63) is 34.9 Å². The molecule has 1 unspecified atom stereocenters. The number of rotatable bonds is 5. The van der Waals surface area contributed by atoms with Crippen molar-refractivity contribution in [2.24, 2.45) is 5.92 Å². The Morgan fingerprint density at radius 1 is 1.24 bits per heavy atom. The van der Waals surface area contributed by atoms with Gasteiger partial charge in [-0.2, -0.15) is 0 Å². The van der Waals surface area contributed by atoms with Gasteiger partial charge in [0.05, 0.1) is 11.5 Å². The molecular formula is C15H20N2O4. The highest BCUT2D eigenvalue weighted by Crippen LogP contribution is 2.13. The molecule has 0 aliphatic carbocycles. The van der Waals surface area contributed by atoms with Crippen LogP contribution >= 0.6 is 0 Å². The highest BCUT2D eigenvalue weighted by Gasteiger charge is 2.19. The van der Waals surface area contributed by atoms with Crippen LogP contribution in [-0.2, 0) is 4.79 Å². The maximum Gasteiger partial charge on any atom is 0.335 e. The summed E-state index contributed by atoms with van der Waals surface area (Å²) in [6, 6.07) is 4.49. The van der Waals surface area contributed by atoms with Gasteiger partial charge in [0.1, 0.15) is 0 Å². The number of hydrogen-bond acceptors (Lipinski definition) is 3. The lowest BCUT2D eigenvalue weighted by Crippen LogP contribution is -2.37. The quantitative estimate of drug-likeness (QED) is 0.852. The predicted octanol–water partition coefficient (Wildman–Crippen LogP) is 1.15. The third kappa shape index (κ3) is 4.30. The fourth-order valence-electron chi connectivity index (χ4n) is 2.07. The molecule has 1 atom stereocenters. The Kier molecular flexibility index (Phi) is 5.46. The number of hydrogen-bond donors (Lipinski definition) is 2. The van der Waals surface area contributed by atoms with Crippen molar-refractivity contribution >= 4 is 17.8 Å². The molecule has 0 aliphatic heterocycles. The third-order valence-electron chi connectivity index (χ3n) is 3.16. The topological polar surface area (TPSA) is 86.7 Å². The first-order valence-electron chi connectivity index (χ1n) is 6.58. The van der Waals surface area contributed by atoms with Crippen LogP contribution in [0.3, 0.4) is 0 Å². The molecular weight excluding hydrogens is 272 g/mol. The van der Waals surface area contributed by atoms with Gasteiger partial charge in [-0.05, 0) is 30.7 Å². The SMILES string of the molecule is CNC(=O)C(C)CN(C)C(=O)c1cc(C)cc(C(=O)O)c1. The first-order valence-corrected chi connectivity index (χ1v) is 6.58. The number of carbonyl (C=O) groups is 3. The number of nitrogens with one attached hydrogen (secondary N) is 1. The largest absolute Gasteiger partial charge is 0.478 e. The van der Waals surface area contributed by atoms with Crippen molar-refractivity contribution in [2.75, 3.05) is 20.6 Å². The van der Waals surface area contributed by atoms with Gasteiger partial charge in [0.2, 0.25) is 5.91 Å². The number of aromatic carboxylic acids is 1. The number of aryl methyl sites for hydroxylation is 1. The Morgan fingerprint density at radius 3 is 2.33 bits per heavy atom. The van der Waals surface area contributed by atoms with Crippen LogP contribution in [0, 0.1) is 12.8 Å². The molecule has 1 aromatic rings. The summed E-state index contributed by atoms with van der Waals surface area (Å²) < 4.78 is 0. The minimum atomic E-state index is -1.07. The van der Waals surface area contributed by atoms with E-state index >= 15 is 0 Å². The van der Waals surface area contributed by atoms with Gasteiger partial charge >= 0.3 is 5.97 Å². The number of carboxylic acids is 1. The summed E-state index contributed by atoms with van der Waals surface area (Å²) in [6.07, 6.45) is 0. The highest BCUT2D eigenvalue weighted by molar-refractivity contribution is 5.98. The van der Waals surface area contributed by atoms with Crippen LogP contribution in [0.1, 0.15) is 33.2 Å². The zero-order valence-electron chi connectivity index (χ0n) is 12.6. The van der Waals surface area contributed by atoms with Crippen LogP contribution in [0.5, 0.6) is 0 Å². The summed E-state index contributed by atoms with van der Waals surface area (Å²) in [7, 11) is 3.13. The van der Waals surface area contributed by atoms with E-state index in [2.05, 4.69) is 5.32 Å². The van der Waals surface area contributed by atoms with Gasteiger partial charge < -0.3 is 15.3 Å². The fraction of sp³-hybridized carbons (Fsp3) is 0.400. The second-order valence-corrected chi connectivity index (χ2v) is 5.09. The molecule has 0 heterocycles. The van der Waals surface area contributed by atoms with E-state index in [-0.39, 0.29) is 29.8 Å². The van der Waals surface area contributed by atoms with E-state index in [1.165, 1.54) is 17.0 Å². The van der Waals surface area contributed by atoms with Crippen molar-refractivity contribution in [3.8, 4) is 0 Å². The molecule has 0 saturated heterocycles. The minimum absolute atomic E-state index is 0.0751. The Bertz CT molecular complexity index is 569. The van der Waals surface area contributed by atoms with E-state index in [4.69, 9.17) is 5.11 Å². The monoisotopic (exact) mass is 292 g/mol. The van der Waals surface area contributed by atoms with Gasteiger partial charge in [-0.15, -0.1) is 0 Å². The molecule has 0 bridgehead atoms. The summed E-state index contributed by atoms with van der Waals surface area (Å²) in [5.41, 5.74) is 1.08. The van der Waals surface area contributed by atoms with Crippen molar-refractivity contribution < 1.29 is 19.5 Å². The first-order chi connectivity index (χ1) is 9.76. The summed E-state index contributed by atoms with van der Waals surface area (Å²) in [5, 5.41) is 11.6. The second kappa shape index (κ2) is 6.88. The van der Waals surface area contributed by atoms with E-state index in [0.29, 0.717) is 11.1 Å². The van der Waals surface area contributed by atoms with Crippen molar-refractivity contribution in [1.82, 2.24) is 10.2 Å². The molecule has 0 aromatic heterocycles. The van der Waals surface area contributed by atoms with Crippen LogP contribution in [-0.4, -0.2) is 48.4 Å². The Morgan fingerprint density at radius 2 is 1.81 bits per heavy atom. The fourth-order valence-corrected chi connectivity index (χ4v) is 2.07. The number of amides is 2. The van der Waals surface area contributed by atoms with E-state index < -0.39 is 5.97 Å². The lowest BCUT2D eigenvalue weighted by molar-refractivity contribution is -0.124. The second-order valence-electron chi connectivity index (χ2n) is 5.09. The van der Waals surface area contributed by atoms with Crippen molar-refractivity contribution in [2.45, 2.75) is 13.8 Å². The van der Waals surface area contributed by atoms with E-state index in [0.717, 1.165) is 0 Å². The number of benzene rings is 1. The Labute approximate surface area is 123 Å². The summed E-state index contributed by atoms with van der Waals surface area (Å²) >= 11 is 0. The minimum Gasteiger partial charge on any atom is -0.478 e. The lowest BCUT2D eigenvalue weighted by Gasteiger charge is -2.21. The molecule has 0 fully saturated rings. The lowest BCUT2D eigenvalue weighted by atomic mass is 10.0. The third-order valence-corrected chi connectivity index (χ3v) is 3.16. The molecule has 6 nitrogen and oxygen atoms in total. The zero-order valence-corrected chi connectivity index (χ0v) is 12.6. The van der Waals surface area contributed by atoms with Crippen LogP contribution in [0.2, 0.25) is 0 Å². The number of carbonyl (C=O) groups excluding carboxylic acids is 2. The van der Waals surface area contributed by atoms with Gasteiger partial charge in [0.25, 0.3) is 5.91 Å². The van der Waals surface area contributed by atoms with Crippen LogP contribution < -0.4 is 5.32 Å². The summed E-state index contributed by atoms with van der Waals surface area (Å²) in [6.45, 7) is 3.72.